The van der Waals surface area contributed by atoms with Gasteiger partial charge in [-0.3, -0.25) is 9.71 Å². The first-order chi connectivity index (χ1) is 10.5. The molecule has 1 aromatic rings. The predicted molar refractivity (Wildman–Crippen MR) is 89.6 cm³/mol. The van der Waals surface area contributed by atoms with Gasteiger partial charge < -0.3 is 15.4 Å². The summed E-state index contributed by atoms with van der Waals surface area (Å²) in [5.74, 6) is 0.633. The summed E-state index contributed by atoms with van der Waals surface area (Å²) in [6, 6.07) is 7.22. The minimum atomic E-state index is -3.30. The molecule has 0 spiro atoms. The fourth-order valence-corrected chi connectivity index (χ4v) is 2.36. The molecule has 0 aliphatic rings. The highest BCUT2D eigenvalue weighted by Gasteiger charge is 2.07. The van der Waals surface area contributed by atoms with Crippen molar-refractivity contribution in [3.8, 4) is 0 Å². The van der Waals surface area contributed by atoms with Crippen LogP contribution in [0.15, 0.2) is 29.3 Å². The van der Waals surface area contributed by atoms with E-state index >= 15 is 0 Å². The summed E-state index contributed by atoms with van der Waals surface area (Å²) < 4.78 is 30.5. The summed E-state index contributed by atoms with van der Waals surface area (Å²) >= 11 is 0. The van der Waals surface area contributed by atoms with Gasteiger partial charge in [0.05, 0.1) is 18.6 Å². The standard InChI is InChI=1S/C14H24N4O3S/c1-4-21-10-9-16-14(15-2)17-11-12-7-5-6-8-13(12)18-22(3,19)20/h5-8,18H,4,9-11H2,1-3H3,(H2,15,16,17). The number of ether oxygens (including phenoxy) is 1. The summed E-state index contributed by atoms with van der Waals surface area (Å²) in [5, 5.41) is 6.25. The van der Waals surface area contributed by atoms with E-state index in [1.807, 2.05) is 19.1 Å². The molecular weight excluding hydrogens is 304 g/mol. The van der Waals surface area contributed by atoms with Crippen LogP contribution in [0.25, 0.3) is 0 Å². The summed E-state index contributed by atoms with van der Waals surface area (Å²) in [7, 11) is -1.63. The third kappa shape index (κ3) is 7.28. The molecule has 0 aliphatic carbocycles. The van der Waals surface area contributed by atoms with Crippen molar-refractivity contribution in [3.05, 3.63) is 29.8 Å². The topological polar surface area (TPSA) is 91.8 Å². The van der Waals surface area contributed by atoms with Gasteiger partial charge in [0.15, 0.2) is 5.96 Å². The van der Waals surface area contributed by atoms with Gasteiger partial charge in [-0.15, -0.1) is 0 Å². The first-order valence-corrected chi connectivity index (χ1v) is 8.93. The van der Waals surface area contributed by atoms with Crippen LogP contribution in [0.3, 0.4) is 0 Å². The lowest BCUT2D eigenvalue weighted by molar-refractivity contribution is 0.152. The highest BCUT2D eigenvalue weighted by Crippen LogP contribution is 2.15. The van der Waals surface area contributed by atoms with Crippen LogP contribution >= 0.6 is 0 Å². The van der Waals surface area contributed by atoms with Crippen LogP contribution in [-0.2, 0) is 21.3 Å². The molecule has 0 atom stereocenters. The zero-order chi connectivity index (χ0) is 16.4. The van der Waals surface area contributed by atoms with Crippen LogP contribution in [0, 0.1) is 0 Å². The molecule has 8 heteroatoms. The van der Waals surface area contributed by atoms with Gasteiger partial charge >= 0.3 is 0 Å². The minimum absolute atomic E-state index is 0.451. The number of aliphatic imine (C=N–C) groups is 1. The average molecular weight is 328 g/mol. The summed E-state index contributed by atoms with van der Waals surface area (Å²) in [6.07, 6.45) is 1.13. The van der Waals surface area contributed by atoms with E-state index in [0.717, 1.165) is 11.8 Å². The van der Waals surface area contributed by atoms with E-state index in [1.54, 1.807) is 19.2 Å². The van der Waals surface area contributed by atoms with Crippen molar-refractivity contribution < 1.29 is 13.2 Å². The minimum Gasteiger partial charge on any atom is -0.380 e. The Bertz CT molecular complexity index is 588. The second-order valence-corrected chi connectivity index (χ2v) is 6.33. The Morgan fingerprint density at radius 1 is 1.27 bits per heavy atom. The first kappa shape index (κ1) is 18.2. The monoisotopic (exact) mass is 328 g/mol. The molecule has 1 rings (SSSR count). The quantitative estimate of drug-likeness (QED) is 0.372. The summed E-state index contributed by atoms with van der Waals surface area (Å²) in [4.78, 5) is 4.11. The second kappa shape index (κ2) is 9.26. The number of nitrogens with one attached hydrogen (secondary N) is 3. The van der Waals surface area contributed by atoms with Gasteiger partial charge in [-0.1, -0.05) is 18.2 Å². The lowest BCUT2D eigenvalue weighted by Crippen LogP contribution is -2.38. The van der Waals surface area contributed by atoms with Gasteiger partial charge in [0.25, 0.3) is 0 Å². The van der Waals surface area contributed by atoms with Gasteiger partial charge in [-0.2, -0.15) is 0 Å². The normalized spacial score (nSPS) is 12.0. The van der Waals surface area contributed by atoms with Crippen LogP contribution in [0.5, 0.6) is 0 Å². The van der Waals surface area contributed by atoms with Crippen molar-refractivity contribution >= 4 is 21.7 Å². The Morgan fingerprint density at radius 3 is 2.64 bits per heavy atom. The van der Waals surface area contributed by atoms with Crippen LogP contribution in [0.2, 0.25) is 0 Å². The number of nitrogens with zero attached hydrogens (tertiary/aromatic N) is 1. The van der Waals surface area contributed by atoms with Crippen molar-refractivity contribution in [2.24, 2.45) is 4.99 Å². The molecule has 0 aliphatic heterocycles. The fourth-order valence-electron chi connectivity index (χ4n) is 1.76. The summed E-state index contributed by atoms with van der Waals surface area (Å²) in [5.41, 5.74) is 1.39. The summed E-state index contributed by atoms with van der Waals surface area (Å²) in [6.45, 7) is 4.32. The van der Waals surface area contributed by atoms with Gasteiger partial charge in [0, 0.05) is 26.7 Å². The Labute approximate surface area is 132 Å². The van der Waals surface area contributed by atoms with Crippen LogP contribution in [0.1, 0.15) is 12.5 Å². The van der Waals surface area contributed by atoms with Crippen molar-refractivity contribution in [3.63, 3.8) is 0 Å². The van der Waals surface area contributed by atoms with E-state index in [-0.39, 0.29) is 0 Å². The maximum absolute atomic E-state index is 11.4. The largest absolute Gasteiger partial charge is 0.380 e. The van der Waals surface area contributed by atoms with Gasteiger partial charge in [-0.05, 0) is 18.6 Å². The maximum atomic E-state index is 11.4. The Kier molecular flexibility index (Phi) is 7.69. The Balaban J connectivity index is 2.59. The number of benzene rings is 1. The van der Waals surface area contributed by atoms with Crippen LogP contribution in [0.4, 0.5) is 5.69 Å². The van der Waals surface area contributed by atoms with E-state index in [1.165, 1.54) is 0 Å². The molecule has 0 unspecified atom stereocenters. The van der Waals surface area contributed by atoms with Crippen molar-refractivity contribution in [1.29, 1.82) is 0 Å². The smallest absolute Gasteiger partial charge is 0.229 e. The molecular formula is C14H24N4O3S. The third-order valence-electron chi connectivity index (χ3n) is 2.73. The van der Waals surface area contributed by atoms with E-state index in [9.17, 15) is 8.42 Å². The zero-order valence-corrected chi connectivity index (χ0v) is 14.0. The third-order valence-corrected chi connectivity index (χ3v) is 3.32. The average Bonchev–Trinajstić information content (AvgIpc) is 2.46. The van der Waals surface area contributed by atoms with Gasteiger partial charge in [0.1, 0.15) is 0 Å². The molecule has 1 aromatic carbocycles. The van der Waals surface area contributed by atoms with Crippen LogP contribution < -0.4 is 15.4 Å². The van der Waals surface area contributed by atoms with E-state index in [0.29, 0.717) is 38.0 Å². The van der Waals surface area contributed by atoms with Crippen molar-refractivity contribution in [1.82, 2.24) is 10.6 Å². The number of rotatable bonds is 8. The number of guanidine groups is 1. The maximum Gasteiger partial charge on any atom is 0.229 e. The number of sulfonamides is 1. The Hall–Kier alpha value is -1.80. The number of anilines is 1. The molecule has 0 saturated heterocycles. The van der Waals surface area contributed by atoms with Crippen molar-refractivity contribution in [2.45, 2.75) is 13.5 Å². The molecule has 0 heterocycles. The predicted octanol–water partition coefficient (Wildman–Crippen LogP) is 0.760. The molecule has 124 valence electrons. The second-order valence-electron chi connectivity index (χ2n) is 4.58. The van der Waals surface area contributed by atoms with E-state index in [2.05, 4.69) is 20.3 Å². The highest BCUT2D eigenvalue weighted by molar-refractivity contribution is 7.92. The van der Waals surface area contributed by atoms with Gasteiger partial charge in [0.2, 0.25) is 10.0 Å². The number of para-hydroxylation sites is 1. The van der Waals surface area contributed by atoms with Crippen molar-refractivity contribution in [2.75, 3.05) is 37.8 Å². The molecule has 0 amide bonds. The lowest BCUT2D eigenvalue weighted by atomic mass is 10.2. The van der Waals surface area contributed by atoms with E-state index < -0.39 is 10.0 Å². The molecule has 0 aromatic heterocycles. The lowest BCUT2D eigenvalue weighted by Gasteiger charge is -2.14. The SMILES string of the molecule is CCOCCNC(=NC)NCc1ccccc1NS(C)(=O)=O. The highest BCUT2D eigenvalue weighted by atomic mass is 32.2. The molecule has 0 fully saturated rings. The number of hydrogen-bond donors (Lipinski definition) is 3. The molecule has 3 N–H and O–H groups in total. The van der Waals surface area contributed by atoms with Gasteiger partial charge in [-0.25, -0.2) is 8.42 Å². The number of hydrogen-bond acceptors (Lipinski definition) is 4. The Morgan fingerprint density at radius 2 is 2.00 bits per heavy atom. The first-order valence-electron chi connectivity index (χ1n) is 7.04. The van der Waals surface area contributed by atoms with E-state index in [4.69, 9.17) is 4.74 Å². The molecule has 0 bridgehead atoms. The molecule has 0 radical (unpaired) electrons. The molecule has 7 nitrogen and oxygen atoms in total. The van der Waals surface area contributed by atoms with Crippen LogP contribution in [-0.4, -0.2) is 47.4 Å². The zero-order valence-electron chi connectivity index (χ0n) is 13.2. The fraction of sp³-hybridized carbons (Fsp3) is 0.500. The molecule has 0 saturated carbocycles. The molecule has 22 heavy (non-hydrogen) atoms.